The molecule has 0 aromatic heterocycles. The summed E-state index contributed by atoms with van der Waals surface area (Å²) in [6.07, 6.45) is 2.12. The number of ketones is 1. The van der Waals surface area contributed by atoms with Gasteiger partial charge < -0.3 is 0 Å². The van der Waals surface area contributed by atoms with Crippen molar-refractivity contribution in [3.05, 3.63) is 35.4 Å². The van der Waals surface area contributed by atoms with Crippen LogP contribution >= 0.6 is 0 Å². The number of Topliss-reactive ketones (excluding diaryl/α,β-unsaturated/α-hetero) is 1. The van der Waals surface area contributed by atoms with E-state index in [0.717, 1.165) is 19.4 Å². The maximum absolute atomic E-state index is 12.4. The largest absolute Gasteiger partial charge is 0.293 e. The fourth-order valence-corrected chi connectivity index (χ4v) is 2.62. The van der Waals surface area contributed by atoms with Crippen LogP contribution in [0.15, 0.2) is 24.3 Å². The molecule has 1 aromatic rings. The lowest BCUT2D eigenvalue weighted by atomic mass is 10.0. The monoisotopic (exact) mass is 286 g/mol. The van der Waals surface area contributed by atoms with Gasteiger partial charge in [0, 0.05) is 18.2 Å². The molecular formula is C18H26N2O. The number of hydrogen-bond donors (Lipinski definition) is 0. The van der Waals surface area contributed by atoms with E-state index < -0.39 is 0 Å². The van der Waals surface area contributed by atoms with Crippen molar-refractivity contribution < 1.29 is 4.79 Å². The SMILES string of the molecule is CCC(CC)N(CC(=O)c1ccc(C#N)cc1)CC(C)C. The second-order valence-electron chi connectivity index (χ2n) is 5.91. The van der Waals surface area contributed by atoms with Crippen molar-refractivity contribution in [2.24, 2.45) is 5.92 Å². The van der Waals surface area contributed by atoms with Gasteiger partial charge in [-0.05, 0) is 30.9 Å². The topological polar surface area (TPSA) is 44.1 Å². The molecule has 0 aliphatic heterocycles. The lowest BCUT2D eigenvalue weighted by molar-refractivity contribution is 0.0866. The van der Waals surface area contributed by atoms with Crippen molar-refractivity contribution in [1.29, 1.82) is 5.26 Å². The minimum absolute atomic E-state index is 0.132. The predicted octanol–water partition coefficient (Wildman–Crippen LogP) is 3.89. The number of nitriles is 1. The van der Waals surface area contributed by atoms with Gasteiger partial charge in [0.2, 0.25) is 0 Å². The standard InChI is InChI=1S/C18H26N2O/c1-5-17(6-2)20(12-14(3)4)13-18(21)16-9-7-15(11-19)8-10-16/h7-10,14,17H,5-6,12-13H2,1-4H3. The van der Waals surface area contributed by atoms with E-state index >= 15 is 0 Å². The molecule has 3 heteroatoms. The first kappa shape index (κ1) is 17.4. The number of carbonyl (C=O) groups is 1. The smallest absolute Gasteiger partial charge is 0.176 e. The second kappa shape index (κ2) is 8.59. The van der Waals surface area contributed by atoms with Crippen molar-refractivity contribution in [3.8, 4) is 6.07 Å². The van der Waals surface area contributed by atoms with Crippen LogP contribution < -0.4 is 0 Å². The van der Waals surface area contributed by atoms with Gasteiger partial charge >= 0.3 is 0 Å². The zero-order valence-electron chi connectivity index (χ0n) is 13.6. The summed E-state index contributed by atoms with van der Waals surface area (Å²) in [6.45, 7) is 10.1. The fraction of sp³-hybridized carbons (Fsp3) is 0.556. The van der Waals surface area contributed by atoms with Crippen molar-refractivity contribution in [2.45, 2.75) is 46.6 Å². The molecule has 0 spiro atoms. The van der Waals surface area contributed by atoms with Crippen LogP contribution in [0.4, 0.5) is 0 Å². The summed E-state index contributed by atoms with van der Waals surface area (Å²) in [6, 6.07) is 9.44. The van der Waals surface area contributed by atoms with Gasteiger partial charge in [0.1, 0.15) is 0 Å². The third-order valence-corrected chi connectivity index (χ3v) is 3.74. The Bertz CT molecular complexity index is 481. The molecule has 0 unspecified atom stereocenters. The first-order chi connectivity index (χ1) is 10.0. The first-order valence-corrected chi connectivity index (χ1v) is 7.79. The van der Waals surface area contributed by atoms with Gasteiger partial charge in [-0.3, -0.25) is 9.69 Å². The lowest BCUT2D eigenvalue weighted by Gasteiger charge is -2.31. The Labute approximate surface area is 128 Å². The highest BCUT2D eigenvalue weighted by molar-refractivity contribution is 5.97. The molecule has 0 radical (unpaired) electrons. The molecule has 0 bridgehead atoms. The molecule has 114 valence electrons. The van der Waals surface area contributed by atoms with Crippen molar-refractivity contribution in [1.82, 2.24) is 4.90 Å². The van der Waals surface area contributed by atoms with Gasteiger partial charge in [0.05, 0.1) is 18.2 Å². The van der Waals surface area contributed by atoms with Crippen LogP contribution in [0.5, 0.6) is 0 Å². The normalized spacial score (nSPS) is 11.1. The summed E-state index contributed by atoms with van der Waals surface area (Å²) in [7, 11) is 0. The molecule has 3 nitrogen and oxygen atoms in total. The molecule has 0 saturated carbocycles. The average molecular weight is 286 g/mol. The maximum atomic E-state index is 12.4. The molecule has 0 heterocycles. The zero-order valence-corrected chi connectivity index (χ0v) is 13.6. The Kier molecular flexibility index (Phi) is 7.11. The Morgan fingerprint density at radius 1 is 1.19 bits per heavy atom. The number of rotatable bonds is 8. The van der Waals surface area contributed by atoms with Crippen molar-refractivity contribution in [2.75, 3.05) is 13.1 Å². The Hall–Kier alpha value is -1.66. The molecule has 0 aliphatic rings. The average Bonchev–Trinajstić information content (AvgIpc) is 2.47. The van der Waals surface area contributed by atoms with E-state index in [9.17, 15) is 4.79 Å². The summed E-state index contributed by atoms with van der Waals surface area (Å²) in [5, 5.41) is 8.81. The third kappa shape index (κ3) is 5.32. The second-order valence-corrected chi connectivity index (χ2v) is 5.91. The van der Waals surface area contributed by atoms with Crippen LogP contribution in [0.3, 0.4) is 0 Å². The minimum Gasteiger partial charge on any atom is -0.293 e. The highest BCUT2D eigenvalue weighted by Gasteiger charge is 2.20. The van der Waals surface area contributed by atoms with Crippen LogP contribution in [-0.2, 0) is 0 Å². The highest BCUT2D eigenvalue weighted by Crippen LogP contribution is 2.13. The van der Waals surface area contributed by atoms with E-state index in [1.165, 1.54) is 0 Å². The molecule has 21 heavy (non-hydrogen) atoms. The van der Waals surface area contributed by atoms with Crippen LogP contribution in [0.2, 0.25) is 0 Å². The van der Waals surface area contributed by atoms with E-state index in [4.69, 9.17) is 5.26 Å². The van der Waals surface area contributed by atoms with Gasteiger partial charge in [0.25, 0.3) is 0 Å². The highest BCUT2D eigenvalue weighted by atomic mass is 16.1. The van der Waals surface area contributed by atoms with E-state index in [-0.39, 0.29) is 5.78 Å². The Morgan fingerprint density at radius 2 is 1.76 bits per heavy atom. The summed E-state index contributed by atoms with van der Waals surface area (Å²) in [4.78, 5) is 14.7. The summed E-state index contributed by atoms with van der Waals surface area (Å²) >= 11 is 0. The molecular weight excluding hydrogens is 260 g/mol. The van der Waals surface area contributed by atoms with Crippen LogP contribution in [0.25, 0.3) is 0 Å². The molecule has 1 aromatic carbocycles. The quantitative estimate of drug-likeness (QED) is 0.681. The lowest BCUT2D eigenvalue weighted by Crippen LogP contribution is -2.40. The molecule has 0 aliphatic carbocycles. The van der Waals surface area contributed by atoms with Gasteiger partial charge in [-0.2, -0.15) is 5.26 Å². The molecule has 1 rings (SSSR count). The van der Waals surface area contributed by atoms with Crippen molar-refractivity contribution in [3.63, 3.8) is 0 Å². The van der Waals surface area contributed by atoms with Crippen LogP contribution in [0, 0.1) is 17.2 Å². The zero-order chi connectivity index (χ0) is 15.8. The van der Waals surface area contributed by atoms with Crippen molar-refractivity contribution >= 4 is 5.78 Å². The summed E-state index contributed by atoms with van der Waals surface area (Å²) in [5.74, 6) is 0.673. The van der Waals surface area contributed by atoms with Gasteiger partial charge in [-0.1, -0.05) is 39.8 Å². The minimum atomic E-state index is 0.132. The summed E-state index contributed by atoms with van der Waals surface area (Å²) < 4.78 is 0. The van der Waals surface area contributed by atoms with Crippen LogP contribution in [-0.4, -0.2) is 29.8 Å². The van der Waals surface area contributed by atoms with Gasteiger partial charge in [0.15, 0.2) is 5.78 Å². The Morgan fingerprint density at radius 3 is 2.19 bits per heavy atom. The fourth-order valence-electron chi connectivity index (χ4n) is 2.62. The maximum Gasteiger partial charge on any atom is 0.176 e. The third-order valence-electron chi connectivity index (χ3n) is 3.74. The number of benzene rings is 1. The van der Waals surface area contributed by atoms with Crippen LogP contribution in [0.1, 0.15) is 56.5 Å². The van der Waals surface area contributed by atoms with Gasteiger partial charge in [-0.15, -0.1) is 0 Å². The number of carbonyl (C=O) groups excluding carboxylic acids is 1. The molecule has 0 atom stereocenters. The molecule has 0 saturated heterocycles. The molecule has 0 amide bonds. The van der Waals surface area contributed by atoms with E-state index in [2.05, 4.69) is 38.7 Å². The first-order valence-electron chi connectivity index (χ1n) is 7.79. The molecule has 0 N–H and O–H groups in total. The molecule has 0 fully saturated rings. The summed E-state index contributed by atoms with van der Waals surface area (Å²) in [5.41, 5.74) is 1.28. The predicted molar refractivity (Wildman–Crippen MR) is 86.3 cm³/mol. The van der Waals surface area contributed by atoms with E-state index in [0.29, 0.717) is 29.6 Å². The van der Waals surface area contributed by atoms with Gasteiger partial charge in [-0.25, -0.2) is 0 Å². The van der Waals surface area contributed by atoms with E-state index in [1.54, 1.807) is 24.3 Å². The Balaban J connectivity index is 2.81. The van der Waals surface area contributed by atoms with E-state index in [1.807, 2.05) is 0 Å². The number of hydrogen-bond acceptors (Lipinski definition) is 3. The number of nitrogens with zero attached hydrogens (tertiary/aromatic N) is 2.